The lowest BCUT2D eigenvalue weighted by Gasteiger charge is -2.13. The van der Waals surface area contributed by atoms with Crippen LogP contribution in [0.1, 0.15) is 0 Å². The van der Waals surface area contributed by atoms with Crippen molar-refractivity contribution in [2.45, 2.75) is 0 Å². The maximum atomic E-state index is 2.38. The Labute approximate surface area is 277 Å². The van der Waals surface area contributed by atoms with Crippen LogP contribution in [0.4, 0.5) is 0 Å². The van der Waals surface area contributed by atoms with Crippen molar-refractivity contribution in [2.75, 3.05) is 0 Å². The molecule has 0 saturated carbocycles. The largest absolute Gasteiger partial charge is 0.302 e. The van der Waals surface area contributed by atoms with Crippen molar-refractivity contribution in [3.63, 3.8) is 0 Å². The molecular weight excluding hydrogens is 585 g/mol. The van der Waals surface area contributed by atoms with Gasteiger partial charge in [0, 0.05) is 56.7 Å². The van der Waals surface area contributed by atoms with Crippen LogP contribution in [-0.4, -0.2) is 18.3 Å². The van der Waals surface area contributed by atoms with Crippen LogP contribution < -0.4 is 0 Å². The Morgan fingerprint density at radius 1 is 0.271 bits per heavy atom. The topological polar surface area (TPSA) is 19.7 Å². The number of fused-ring (bicyclic) bond motifs is 6. The average molecular weight is 615 g/mol. The monoisotopic (exact) mass is 614 g/mol. The molecule has 0 amide bonds. The summed E-state index contributed by atoms with van der Waals surface area (Å²) in [7, 11) is 0. The van der Waals surface area contributed by atoms with Crippen LogP contribution >= 0.6 is 0 Å². The highest BCUT2D eigenvalue weighted by atomic mass is 15.1. The average Bonchev–Trinajstić information content (AvgIpc) is 3.93. The van der Waals surface area contributed by atoms with Gasteiger partial charge in [-0.05, 0) is 83.9 Å². The number of hydrogen-bond acceptors (Lipinski definition) is 0. The molecule has 10 rings (SSSR count). The Kier molecular flexibility index (Phi) is 5.84. The first-order valence-electron chi connectivity index (χ1n) is 16.4. The quantitative estimate of drug-likeness (QED) is 0.184. The minimum absolute atomic E-state index is 1.14. The first-order valence-corrected chi connectivity index (χ1v) is 16.4. The van der Waals surface area contributed by atoms with Crippen LogP contribution in [0.25, 0.3) is 77.7 Å². The molecule has 4 aromatic heterocycles. The molecule has 0 aliphatic carbocycles. The fourth-order valence-electron chi connectivity index (χ4n) is 7.47. The van der Waals surface area contributed by atoms with Gasteiger partial charge in [-0.1, -0.05) is 97.1 Å². The second-order valence-corrected chi connectivity index (χ2v) is 12.3. The van der Waals surface area contributed by atoms with Crippen LogP contribution in [0.15, 0.2) is 182 Å². The minimum atomic E-state index is 1.14. The number of nitrogens with zero attached hydrogens (tertiary/aromatic N) is 4. The highest BCUT2D eigenvalue weighted by Crippen LogP contribution is 2.37. The predicted molar refractivity (Wildman–Crippen MR) is 199 cm³/mol. The molecule has 0 aliphatic heterocycles. The normalized spacial score (nSPS) is 11.8. The van der Waals surface area contributed by atoms with E-state index in [1.165, 1.54) is 55.0 Å². The number of aromatic nitrogens is 4. The van der Waals surface area contributed by atoms with Crippen LogP contribution in [0.3, 0.4) is 0 Å². The van der Waals surface area contributed by atoms with E-state index >= 15 is 0 Å². The first-order chi connectivity index (χ1) is 23.8. The zero-order valence-electron chi connectivity index (χ0n) is 26.1. The Hall–Kier alpha value is -6.52. The lowest BCUT2D eigenvalue weighted by molar-refractivity contribution is 1.04. The van der Waals surface area contributed by atoms with Gasteiger partial charge in [-0.3, -0.25) is 9.13 Å². The van der Waals surface area contributed by atoms with E-state index in [2.05, 4.69) is 201 Å². The molecule has 226 valence electrons. The fraction of sp³-hybridized carbons (Fsp3) is 0. The number of rotatable bonds is 5. The fourth-order valence-corrected chi connectivity index (χ4v) is 7.47. The van der Waals surface area contributed by atoms with Crippen molar-refractivity contribution in [2.24, 2.45) is 0 Å². The summed E-state index contributed by atoms with van der Waals surface area (Å²) >= 11 is 0. The van der Waals surface area contributed by atoms with Gasteiger partial charge in [0.05, 0.1) is 11.0 Å². The van der Waals surface area contributed by atoms with E-state index in [-0.39, 0.29) is 0 Å². The van der Waals surface area contributed by atoms with E-state index in [0.717, 1.165) is 22.7 Å². The molecular formula is C44H30N4. The molecule has 0 bridgehead atoms. The van der Waals surface area contributed by atoms with E-state index in [4.69, 9.17) is 0 Å². The zero-order valence-corrected chi connectivity index (χ0v) is 26.1. The molecule has 4 heterocycles. The van der Waals surface area contributed by atoms with Crippen molar-refractivity contribution < 1.29 is 0 Å². The van der Waals surface area contributed by atoms with E-state index < -0.39 is 0 Å². The summed E-state index contributed by atoms with van der Waals surface area (Å²) in [6.07, 6.45) is 4.36. The molecule has 0 atom stereocenters. The summed E-state index contributed by atoms with van der Waals surface area (Å²) < 4.78 is 9.35. The van der Waals surface area contributed by atoms with Crippen LogP contribution in [0, 0.1) is 0 Å². The number of hydrogen-bond donors (Lipinski definition) is 0. The summed E-state index contributed by atoms with van der Waals surface area (Å²) in [5, 5.41) is 5.01. The van der Waals surface area contributed by atoms with Gasteiger partial charge < -0.3 is 9.13 Å². The summed E-state index contributed by atoms with van der Waals surface area (Å²) in [5.74, 6) is 0. The molecule has 6 aromatic carbocycles. The van der Waals surface area contributed by atoms with Crippen molar-refractivity contribution in [1.29, 1.82) is 0 Å². The lowest BCUT2D eigenvalue weighted by Crippen LogP contribution is -2.01. The molecule has 4 heteroatoms. The minimum Gasteiger partial charge on any atom is -0.302 e. The molecule has 0 aliphatic rings. The summed E-state index contributed by atoms with van der Waals surface area (Å²) in [4.78, 5) is 0. The van der Waals surface area contributed by atoms with Crippen LogP contribution in [-0.2, 0) is 0 Å². The van der Waals surface area contributed by atoms with Crippen molar-refractivity contribution in [3.05, 3.63) is 182 Å². The Bertz CT molecular complexity index is 2540. The molecule has 48 heavy (non-hydrogen) atoms. The third-order valence-electron chi connectivity index (χ3n) is 9.67. The maximum absolute atomic E-state index is 2.38. The highest BCUT2D eigenvalue weighted by molar-refractivity contribution is 6.10. The smallest absolute Gasteiger partial charge is 0.130 e. The molecule has 4 nitrogen and oxygen atoms in total. The van der Waals surface area contributed by atoms with Gasteiger partial charge in [0.1, 0.15) is 11.3 Å². The van der Waals surface area contributed by atoms with Gasteiger partial charge >= 0.3 is 0 Å². The van der Waals surface area contributed by atoms with Gasteiger partial charge in [0.25, 0.3) is 0 Å². The summed E-state index contributed by atoms with van der Waals surface area (Å²) in [6, 6.07) is 60.9. The van der Waals surface area contributed by atoms with Crippen molar-refractivity contribution in [1.82, 2.24) is 18.3 Å². The van der Waals surface area contributed by atoms with Crippen molar-refractivity contribution >= 4 is 43.9 Å². The Balaban J connectivity index is 1.06. The van der Waals surface area contributed by atoms with E-state index in [0.29, 0.717) is 0 Å². The van der Waals surface area contributed by atoms with Gasteiger partial charge in [0.15, 0.2) is 0 Å². The molecule has 0 unspecified atom stereocenters. The SMILES string of the molecule is c1ccc(-n2ccc3c4ccccc4n(-c4ccc(-c5ccc(-n6c7ccccc7c7ccn(-c8ccccc8)c76)cc5)cc4)c32)cc1. The number of benzene rings is 6. The van der Waals surface area contributed by atoms with Crippen LogP contribution in [0.5, 0.6) is 0 Å². The molecule has 0 spiro atoms. The van der Waals surface area contributed by atoms with Crippen LogP contribution in [0.2, 0.25) is 0 Å². The highest BCUT2D eigenvalue weighted by Gasteiger charge is 2.18. The lowest BCUT2D eigenvalue weighted by atomic mass is 10.0. The molecule has 0 fully saturated rings. The Morgan fingerprint density at radius 3 is 1.06 bits per heavy atom. The second kappa shape index (κ2) is 10.5. The first kappa shape index (κ1) is 26.7. The Morgan fingerprint density at radius 2 is 0.646 bits per heavy atom. The maximum Gasteiger partial charge on any atom is 0.130 e. The third-order valence-corrected chi connectivity index (χ3v) is 9.67. The van der Waals surface area contributed by atoms with E-state index in [1.807, 2.05) is 0 Å². The van der Waals surface area contributed by atoms with Crippen molar-refractivity contribution in [3.8, 4) is 33.9 Å². The van der Waals surface area contributed by atoms with E-state index in [9.17, 15) is 0 Å². The molecule has 0 radical (unpaired) electrons. The van der Waals surface area contributed by atoms with Gasteiger partial charge in [-0.25, -0.2) is 0 Å². The number of para-hydroxylation sites is 4. The third kappa shape index (κ3) is 3.96. The molecule has 10 aromatic rings. The standard InChI is InChI=1S/C44H30N4/c1-3-11-33(12-4-1)45-29-27-39-37-15-7-9-17-41(37)47(43(39)45)35-23-19-31(20-24-35)32-21-25-36(26-22-32)48-42-18-10-8-16-38(42)40-28-30-46(44(40)48)34-13-5-2-6-14-34/h1-30H. The molecule has 0 saturated heterocycles. The summed E-state index contributed by atoms with van der Waals surface area (Å²) in [5.41, 5.74) is 11.7. The van der Waals surface area contributed by atoms with E-state index in [1.54, 1.807) is 0 Å². The predicted octanol–water partition coefficient (Wildman–Crippen LogP) is 11.1. The second-order valence-electron chi connectivity index (χ2n) is 12.3. The van der Waals surface area contributed by atoms with Gasteiger partial charge in [-0.2, -0.15) is 0 Å². The summed E-state index contributed by atoms with van der Waals surface area (Å²) in [6.45, 7) is 0. The molecule has 0 N–H and O–H groups in total. The zero-order chi connectivity index (χ0) is 31.6. The van der Waals surface area contributed by atoms with Gasteiger partial charge in [0.2, 0.25) is 0 Å². The van der Waals surface area contributed by atoms with Gasteiger partial charge in [-0.15, -0.1) is 0 Å².